The molecule has 7 heteroatoms. The second-order valence-electron chi connectivity index (χ2n) is 7.35. The Morgan fingerprint density at radius 2 is 1.74 bits per heavy atom. The van der Waals surface area contributed by atoms with Gasteiger partial charge in [-0.2, -0.15) is 5.10 Å². The number of carbonyl (C=O) groups is 1. The van der Waals surface area contributed by atoms with Crippen LogP contribution in [0.2, 0.25) is 0 Å². The van der Waals surface area contributed by atoms with Crippen LogP contribution in [0, 0.1) is 11.6 Å². The molecule has 27 heavy (non-hydrogen) atoms. The monoisotopic (exact) mass is 379 g/mol. The van der Waals surface area contributed by atoms with Crippen molar-refractivity contribution in [3.8, 4) is 0 Å². The van der Waals surface area contributed by atoms with Gasteiger partial charge in [0.05, 0.1) is 17.4 Å². The molecule has 0 aliphatic carbocycles. The molecule has 2 rings (SSSR count). The summed E-state index contributed by atoms with van der Waals surface area (Å²) in [5.41, 5.74) is 1.91. The molecule has 0 unspecified atom stereocenters. The van der Waals surface area contributed by atoms with Crippen LogP contribution in [0.15, 0.2) is 24.3 Å². The fraction of sp³-hybridized carbons (Fsp3) is 0.500. The molecule has 0 aliphatic heterocycles. The van der Waals surface area contributed by atoms with Crippen LogP contribution >= 0.6 is 0 Å². The molecule has 1 aromatic carbocycles. The first kappa shape index (κ1) is 20.9. The lowest BCUT2D eigenvalue weighted by molar-refractivity contribution is 0.0868. The maximum Gasteiger partial charge on any atom is 0.412 e. The van der Waals surface area contributed by atoms with Crippen molar-refractivity contribution in [2.45, 2.75) is 65.5 Å². The number of carbonyl (C=O) groups excluding carboxylic acids is 1. The van der Waals surface area contributed by atoms with Crippen molar-refractivity contribution in [3.63, 3.8) is 0 Å². The van der Waals surface area contributed by atoms with Gasteiger partial charge in [0.15, 0.2) is 0 Å². The Hall–Kier alpha value is -2.44. The Bertz CT molecular complexity index is 803. The topological polar surface area (TPSA) is 56.1 Å². The summed E-state index contributed by atoms with van der Waals surface area (Å²) in [7, 11) is 0. The van der Waals surface area contributed by atoms with E-state index in [-0.39, 0.29) is 23.6 Å². The molecular weight excluding hydrogens is 352 g/mol. The van der Waals surface area contributed by atoms with Gasteiger partial charge >= 0.3 is 6.09 Å². The van der Waals surface area contributed by atoms with Gasteiger partial charge in [-0.1, -0.05) is 27.7 Å². The van der Waals surface area contributed by atoms with Gasteiger partial charge in [0.1, 0.15) is 17.7 Å². The van der Waals surface area contributed by atoms with Gasteiger partial charge in [0.25, 0.3) is 0 Å². The van der Waals surface area contributed by atoms with Crippen molar-refractivity contribution in [1.29, 1.82) is 0 Å². The lowest BCUT2D eigenvalue weighted by Crippen LogP contribution is -2.29. The second kappa shape index (κ2) is 8.50. The van der Waals surface area contributed by atoms with Crippen LogP contribution in [0.1, 0.15) is 70.8 Å². The minimum atomic E-state index is -0.858. The summed E-state index contributed by atoms with van der Waals surface area (Å²) in [6, 6.07) is 4.79. The third kappa shape index (κ3) is 5.05. The van der Waals surface area contributed by atoms with Crippen LogP contribution in [0.25, 0.3) is 0 Å². The molecule has 0 aliphatic rings. The van der Waals surface area contributed by atoms with Crippen molar-refractivity contribution in [3.05, 3.63) is 47.3 Å². The fourth-order valence-electron chi connectivity index (χ4n) is 2.66. The highest BCUT2D eigenvalue weighted by atomic mass is 19.1. The Morgan fingerprint density at radius 3 is 2.30 bits per heavy atom. The highest BCUT2D eigenvalue weighted by Crippen LogP contribution is 2.26. The summed E-state index contributed by atoms with van der Waals surface area (Å²) in [6.07, 6.45) is -1.31. The van der Waals surface area contributed by atoms with Gasteiger partial charge in [0.2, 0.25) is 0 Å². The van der Waals surface area contributed by atoms with Gasteiger partial charge in [-0.15, -0.1) is 0 Å². The third-order valence-corrected chi connectivity index (χ3v) is 4.49. The zero-order valence-corrected chi connectivity index (χ0v) is 16.6. The number of benzene rings is 1. The van der Waals surface area contributed by atoms with Crippen LogP contribution in [-0.2, 0) is 4.74 Å². The number of nitrogens with one attached hydrogen (secondary N) is 1. The highest BCUT2D eigenvalue weighted by Gasteiger charge is 2.24. The van der Waals surface area contributed by atoms with E-state index in [4.69, 9.17) is 4.74 Å². The molecule has 0 saturated heterocycles. The first-order valence-electron chi connectivity index (χ1n) is 9.12. The lowest BCUT2D eigenvalue weighted by Gasteiger charge is -2.24. The Balaban J connectivity index is 2.10. The van der Waals surface area contributed by atoms with Crippen molar-refractivity contribution in [1.82, 2.24) is 9.78 Å². The van der Waals surface area contributed by atoms with Gasteiger partial charge in [-0.05, 0) is 43.9 Å². The molecule has 0 spiro atoms. The molecule has 1 aromatic heterocycles. The average Bonchev–Trinajstić information content (AvgIpc) is 3.02. The molecular formula is C20H27F2N3O2. The zero-order chi connectivity index (χ0) is 20.3. The molecule has 1 amide bonds. The number of amides is 1. The van der Waals surface area contributed by atoms with Crippen molar-refractivity contribution in [2.75, 3.05) is 5.32 Å². The van der Waals surface area contributed by atoms with Gasteiger partial charge in [-0.25, -0.2) is 13.6 Å². The molecule has 2 atom stereocenters. The molecule has 0 fully saturated rings. The molecule has 148 valence electrons. The molecule has 2 aromatic rings. The number of rotatable bonds is 6. The van der Waals surface area contributed by atoms with Crippen molar-refractivity contribution < 1.29 is 18.3 Å². The van der Waals surface area contributed by atoms with Crippen LogP contribution in [0.4, 0.5) is 19.3 Å². The number of hydrogen-bond acceptors (Lipinski definition) is 3. The van der Waals surface area contributed by atoms with E-state index in [1.807, 2.05) is 11.6 Å². The maximum atomic E-state index is 13.7. The van der Waals surface area contributed by atoms with E-state index in [0.29, 0.717) is 6.07 Å². The van der Waals surface area contributed by atoms with Gasteiger partial charge < -0.3 is 4.74 Å². The summed E-state index contributed by atoms with van der Waals surface area (Å²) in [4.78, 5) is 12.1. The second-order valence-corrected chi connectivity index (χ2v) is 7.35. The minimum absolute atomic E-state index is 0.134. The summed E-state index contributed by atoms with van der Waals surface area (Å²) < 4.78 is 33.9. The summed E-state index contributed by atoms with van der Waals surface area (Å²) >= 11 is 0. The highest BCUT2D eigenvalue weighted by molar-refractivity contribution is 5.84. The smallest absolute Gasteiger partial charge is 0.412 e. The maximum absolute atomic E-state index is 13.7. The predicted molar refractivity (Wildman–Crippen MR) is 101 cm³/mol. The quantitative estimate of drug-likeness (QED) is 0.710. The minimum Gasteiger partial charge on any atom is -0.444 e. The number of halogens is 2. The molecule has 0 saturated carbocycles. The predicted octanol–water partition coefficient (Wildman–Crippen LogP) is 5.61. The van der Waals surface area contributed by atoms with Crippen LogP contribution < -0.4 is 5.32 Å². The fourth-order valence-corrected chi connectivity index (χ4v) is 2.66. The largest absolute Gasteiger partial charge is 0.444 e. The number of aromatic nitrogens is 2. The Kier molecular flexibility index (Phi) is 6.57. The number of anilines is 1. The molecule has 0 bridgehead atoms. The van der Waals surface area contributed by atoms with E-state index in [1.54, 1.807) is 6.92 Å². The summed E-state index contributed by atoms with van der Waals surface area (Å²) in [5.74, 6) is -1.02. The van der Waals surface area contributed by atoms with E-state index in [1.165, 1.54) is 0 Å². The average molecular weight is 379 g/mol. The summed E-state index contributed by atoms with van der Waals surface area (Å²) in [5, 5.41) is 6.97. The lowest BCUT2D eigenvalue weighted by atomic mass is 10.1. The normalized spacial score (nSPS) is 13.7. The van der Waals surface area contributed by atoms with Crippen LogP contribution in [0.3, 0.4) is 0 Å². The van der Waals surface area contributed by atoms with E-state index in [2.05, 4.69) is 44.2 Å². The van der Waals surface area contributed by atoms with E-state index >= 15 is 0 Å². The SMILES string of the molecule is CC(C)c1cc(C(C)C)n([C@H](C)[C@@H](C)OC(=O)Nc2ccc(F)cc2F)n1. The zero-order valence-electron chi connectivity index (χ0n) is 16.6. The summed E-state index contributed by atoms with van der Waals surface area (Å²) in [6.45, 7) is 12.0. The van der Waals surface area contributed by atoms with E-state index < -0.39 is 23.8 Å². The van der Waals surface area contributed by atoms with Gasteiger partial charge in [-0.3, -0.25) is 10.00 Å². The first-order chi connectivity index (χ1) is 12.6. The number of ether oxygens (including phenoxy) is 1. The van der Waals surface area contributed by atoms with Gasteiger partial charge in [0, 0.05) is 11.8 Å². The third-order valence-electron chi connectivity index (χ3n) is 4.49. The molecule has 1 heterocycles. The van der Waals surface area contributed by atoms with Crippen molar-refractivity contribution >= 4 is 11.8 Å². The standard InChI is InChI=1S/C20H27F2N3O2/c1-11(2)18-10-19(12(3)4)25(24-18)13(5)14(6)27-20(26)23-17-8-7-15(21)9-16(17)22/h7-14H,1-6H3,(H,23,26)/t13-,14-/m1/s1. The number of nitrogens with zero attached hydrogens (tertiary/aromatic N) is 2. The van der Waals surface area contributed by atoms with Crippen molar-refractivity contribution in [2.24, 2.45) is 0 Å². The Morgan fingerprint density at radius 1 is 1.07 bits per heavy atom. The first-order valence-corrected chi connectivity index (χ1v) is 9.12. The molecule has 1 N–H and O–H groups in total. The number of hydrogen-bond donors (Lipinski definition) is 1. The van der Waals surface area contributed by atoms with Crippen LogP contribution in [-0.4, -0.2) is 22.0 Å². The van der Waals surface area contributed by atoms with E-state index in [0.717, 1.165) is 23.5 Å². The van der Waals surface area contributed by atoms with Crippen LogP contribution in [0.5, 0.6) is 0 Å². The molecule has 5 nitrogen and oxygen atoms in total. The Labute approximate surface area is 158 Å². The van der Waals surface area contributed by atoms with E-state index in [9.17, 15) is 13.6 Å². The molecule has 0 radical (unpaired) electrons.